The van der Waals surface area contributed by atoms with Gasteiger partial charge in [0.15, 0.2) is 0 Å². The van der Waals surface area contributed by atoms with Gasteiger partial charge in [-0.15, -0.1) is 0 Å². The van der Waals surface area contributed by atoms with E-state index in [9.17, 15) is 0 Å². The van der Waals surface area contributed by atoms with Crippen molar-refractivity contribution in [1.82, 2.24) is 0 Å². The molecule has 2 atom stereocenters. The van der Waals surface area contributed by atoms with Crippen molar-refractivity contribution >= 4 is 0 Å². The SMILES string of the molecule is C1CCCCCCC1.C1CC[C@H]2CCC[C@H]2C1. The van der Waals surface area contributed by atoms with Crippen LogP contribution in [-0.4, -0.2) is 0 Å². The molecule has 0 radical (unpaired) electrons. The second-order valence-corrected chi connectivity index (χ2v) is 6.56. The Kier molecular flexibility index (Phi) is 6.45. The van der Waals surface area contributed by atoms with E-state index in [1.807, 2.05) is 0 Å². The van der Waals surface area contributed by atoms with Gasteiger partial charge in [-0.25, -0.2) is 0 Å². The molecule has 0 heterocycles. The van der Waals surface area contributed by atoms with Crippen LogP contribution in [0.2, 0.25) is 0 Å². The molecule has 0 unspecified atom stereocenters. The molecule has 17 heavy (non-hydrogen) atoms. The standard InChI is InChI=1S/C9H16.C8H16/c1-2-5-9-7-3-6-8(9)4-1;1-2-4-6-8-7-5-3-1/h8-9H,1-7H2;1-8H2/t8-,9+;. The maximum absolute atomic E-state index is 1.56. The summed E-state index contributed by atoms with van der Waals surface area (Å²) >= 11 is 0. The molecular formula is C17H32. The van der Waals surface area contributed by atoms with Gasteiger partial charge in [0.1, 0.15) is 0 Å². The molecule has 0 amide bonds. The molecule has 0 bridgehead atoms. The average molecular weight is 236 g/mol. The molecule has 0 aliphatic heterocycles. The van der Waals surface area contributed by atoms with Gasteiger partial charge in [0.25, 0.3) is 0 Å². The molecule has 0 saturated heterocycles. The lowest BCUT2D eigenvalue weighted by Gasteiger charge is -2.24. The summed E-state index contributed by atoms with van der Waals surface area (Å²) in [7, 11) is 0. The summed E-state index contributed by atoms with van der Waals surface area (Å²) in [6.45, 7) is 0. The fourth-order valence-electron chi connectivity index (χ4n) is 4.10. The highest BCUT2D eigenvalue weighted by Gasteiger charge is 2.28. The quantitative estimate of drug-likeness (QED) is 0.477. The first kappa shape index (κ1) is 13.4. The predicted octanol–water partition coefficient (Wildman–Crippen LogP) is 6.10. The highest BCUT2D eigenvalue weighted by molar-refractivity contribution is 4.80. The Labute approximate surface area is 109 Å². The first-order chi connectivity index (χ1) is 8.47. The van der Waals surface area contributed by atoms with Crippen LogP contribution in [0.4, 0.5) is 0 Å². The van der Waals surface area contributed by atoms with Crippen LogP contribution in [0.15, 0.2) is 0 Å². The van der Waals surface area contributed by atoms with Crippen LogP contribution < -0.4 is 0 Å². The van der Waals surface area contributed by atoms with Gasteiger partial charge < -0.3 is 0 Å². The Bertz CT molecular complexity index is 148. The van der Waals surface area contributed by atoms with Crippen molar-refractivity contribution < 1.29 is 0 Å². The zero-order valence-corrected chi connectivity index (χ0v) is 11.8. The van der Waals surface area contributed by atoms with Crippen molar-refractivity contribution in [2.24, 2.45) is 11.8 Å². The summed E-state index contributed by atoms with van der Waals surface area (Å²) in [6, 6.07) is 0. The molecule has 0 heteroatoms. The normalized spacial score (nSPS) is 33.9. The Morgan fingerprint density at radius 2 is 0.588 bits per heavy atom. The van der Waals surface area contributed by atoms with E-state index < -0.39 is 0 Å². The zero-order chi connectivity index (χ0) is 11.8. The summed E-state index contributed by atoms with van der Waals surface area (Å²) < 4.78 is 0. The Morgan fingerprint density at radius 3 is 0.941 bits per heavy atom. The van der Waals surface area contributed by atoms with E-state index in [0.29, 0.717) is 0 Å². The molecule has 3 fully saturated rings. The molecular weight excluding hydrogens is 204 g/mol. The molecule has 0 N–H and O–H groups in total. The van der Waals surface area contributed by atoms with Crippen molar-refractivity contribution in [2.45, 2.75) is 96.3 Å². The average Bonchev–Trinajstić information content (AvgIpc) is 2.76. The number of rotatable bonds is 0. The van der Waals surface area contributed by atoms with Crippen LogP contribution in [-0.2, 0) is 0 Å². The van der Waals surface area contributed by atoms with Crippen molar-refractivity contribution in [3.8, 4) is 0 Å². The van der Waals surface area contributed by atoms with Gasteiger partial charge in [0, 0.05) is 0 Å². The van der Waals surface area contributed by atoms with Crippen LogP contribution in [0.25, 0.3) is 0 Å². The molecule has 3 aliphatic carbocycles. The molecule has 100 valence electrons. The van der Waals surface area contributed by atoms with Gasteiger partial charge in [-0.1, -0.05) is 96.3 Å². The van der Waals surface area contributed by atoms with E-state index in [1.54, 1.807) is 25.7 Å². The largest absolute Gasteiger partial charge is 0.0533 e. The van der Waals surface area contributed by atoms with Crippen molar-refractivity contribution in [1.29, 1.82) is 0 Å². The molecule has 3 rings (SSSR count). The van der Waals surface area contributed by atoms with Gasteiger partial charge in [-0.05, 0) is 11.8 Å². The third-order valence-corrected chi connectivity index (χ3v) is 5.22. The predicted molar refractivity (Wildman–Crippen MR) is 76.2 cm³/mol. The maximum Gasteiger partial charge on any atom is -0.0386 e. The zero-order valence-electron chi connectivity index (χ0n) is 11.8. The van der Waals surface area contributed by atoms with Crippen molar-refractivity contribution in [2.75, 3.05) is 0 Å². The van der Waals surface area contributed by atoms with E-state index in [0.717, 1.165) is 0 Å². The molecule has 0 aromatic carbocycles. The third-order valence-electron chi connectivity index (χ3n) is 5.22. The molecule has 3 saturated carbocycles. The van der Waals surface area contributed by atoms with Crippen LogP contribution in [0, 0.1) is 11.8 Å². The lowest BCUT2D eigenvalue weighted by Crippen LogP contribution is -2.12. The maximum atomic E-state index is 1.56. The van der Waals surface area contributed by atoms with Crippen LogP contribution in [0.1, 0.15) is 96.3 Å². The molecule has 0 aromatic heterocycles. The van der Waals surface area contributed by atoms with Crippen LogP contribution in [0.3, 0.4) is 0 Å². The summed E-state index contributed by atoms with van der Waals surface area (Å²) in [5, 5.41) is 0. The summed E-state index contributed by atoms with van der Waals surface area (Å²) in [4.78, 5) is 0. The van der Waals surface area contributed by atoms with E-state index in [-0.39, 0.29) is 0 Å². The summed E-state index contributed by atoms with van der Waals surface area (Å²) in [6.07, 6.45) is 22.8. The number of hydrogen-bond acceptors (Lipinski definition) is 0. The lowest BCUT2D eigenvalue weighted by molar-refractivity contribution is 0.277. The van der Waals surface area contributed by atoms with Gasteiger partial charge >= 0.3 is 0 Å². The second-order valence-electron chi connectivity index (χ2n) is 6.56. The first-order valence-electron chi connectivity index (χ1n) is 8.47. The minimum atomic E-state index is 1.17. The van der Waals surface area contributed by atoms with Crippen molar-refractivity contribution in [3.05, 3.63) is 0 Å². The minimum absolute atomic E-state index is 1.17. The van der Waals surface area contributed by atoms with Crippen LogP contribution in [0.5, 0.6) is 0 Å². The fourth-order valence-corrected chi connectivity index (χ4v) is 4.10. The number of hydrogen-bond donors (Lipinski definition) is 0. The van der Waals surface area contributed by atoms with E-state index in [4.69, 9.17) is 0 Å². The number of fused-ring (bicyclic) bond motifs is 1. The molecule has 0 spiro atoms. The Hall–Kier alpha value is 0. The summed E-state index contributed by atoms with van der Waals surface area (Å²) in [5.41, 5.74) is 0. The summed E-state index contributed by atoms with van der Waals surface area (Å²) in [5.74, 6) is 2.33. The minimum Gasteiger partial charge on any atom is -0.0533 e. The smallest absolute Gasteiger partial charge is 0.0386 e. The molecule has 0 nitrogen and oxygen atoms in total. The van der Waals surface area contributed by atoms with Crippen LogP contribution >= 0.6 is 0 Å². The van der Waals surface area contributed by atoms with Gasteiger partial charge in [0.05, 0.1) is 0 Å². The van der Waals surface area contributed by atoms with Gasteiger partial charge in [0.2, 0.25) is 0 Å². The van der Waals surface area contributed by atoms with Gasteiger partial charge in [-0.3, -0.25) is 0 Å². The second kappa shape index (κ2) is 8.16. The topological polar surface area (TPSA) is 0 Å². The fraction of sp³-hybridized carbons (Fsp3) is 1.00. The molecule has 3 aliphatic rings. The lowest BCUT2D eigenvalue weighted by atomic mass is 9.82. The first-order valence-corrected chi connectivity index (χ1v) is 8.47. The van der Waals surface area contributed by atoms with Crippen molar-refractivity contribution in [3.63, 3.8) is 0 Å². The van der Waals surface area contributed by atoms with E-state index in [2.05, 4.69) is 0 Å². The molecule has 0 aromatic rings. The highest BCUT2D eigenvalue weighted by atomic mass is 14.3. The van der Waals surface area contributed by atoms with E-state index in [1.165, 1.54) is 82.5 Å². The van der Waals surface area contributed by atoms with E-state index >= 15 is 0 Å². The Balaban J connectivity index is 0.000000128. The third kappa shape index (κ3) is 5.02. The monoisotopic (exact) mass is 236 g/mol. The Morgan fingerprint density at radius 1 is 0.294 bits per heavy atom. The van der Waals surface area contributed by atoms with Gasteiger partial charge in [-0.2, -0.15) is 0 Å². The highest BCUT2D eigenvalue weighted by Crippen LogP contribution is 2.41.